The third-order valence-corrected chi connectivity index (χ3v) is 4.19. The first kappa shape index (κ1) is 19.0. The number of aromatic hydroxyl groups is 1. The maximum atomic E-state index is 11.8. The molecule has 2 amide bonds. The van der Waals surface area contributed by atoms with Crippen molar-refractivity contribution in [2.24, 2.45) is 5.10 Å². The quantitative estimate of drug-likeness (QED) is 0.389. The van der Waals surface area contributed by atoms with Crippen LogP contribution in [0.3, 0.4) is 0 Å². The minimum Gasteiger partial charge on any atom is -0.507 e. The average molecular weight is 425 g/mol. The van der Waals surface area contributed by atoms with Gasteiger partial charge in [0.15, 0.2) is 0 Å². The van der Waals surface area contributed by atoms with Crippen LogP contribution in [0.1, 0.15) is 17.5 Å². The van der Waals surface area contributed by atoms with Crippen molar-refractivity contribution in [1.82, 2.24) is 5.43 Å². The second kappa shape index (κ2) is 8.64. The van der Waals surface area contributed by atoms with E-state index in [2.05, 4.69) is 31.8 Å². The summed E-state index contributed by atoms with van der Waals surface area (Å²) >= 11 is 9.16. The van der Waals surface area contributed by atoms with Gasteiger partial charge in [-0.3, -0.25) is 9.59 Å². The largest absolute Gasteiger partial charge is 0.507 e. The summed E-state index contributed by atoms with van der Waals surface area (Å²) in [4.78, 5) is 23.5. The molecule has 0 aromatic heterocycles. The molecule has 0 atom stereocenters. The Morgan fingerprint density at radius 1 is 1.24 bits per heavy atom. The Morgan fingerprint density at radius 2 is 2.00 bits per heavy atom. The van der Waals surface area contributed by atoms with E-state index in [0.29, 0.717) is 20.7 Å². The van der Waals surface area contributed by atoms with Crippen LogP contribution in [-0.2, 0) is 9.59 Å². The second-order valence-corrected chi connectivity index (χ2v) is 6.45. The van der Waals surface area contributed by atoms with Gasteiger partial charge < -0.3 is 10.4 Å². The van der Waals surface area contributed by atoms with E-state index >= 15 is 0 Å². The van der Waals surface area contributed by atoms with Crippen LogP contribution in [-0.4, -0.2) is 23.1 Å². The summed E-state index contributed by atoms with van der Waals surface area (Å²) < 4.78 is 0.513. The first-order valence-corrected chi connectivity index (χ1v) is 8.38. The number of carbonyl (C=O) groups is 2. The molecule has 2 aromatic carbocycles. The van der Waals surface area contributed by atoms with Crippen LogP contribution in [0.5, 0.6) is 5.75 Å². The smallest absolute Gasteiger partial charge is 0.249 e. The standard InChI is InChI=1S/C17H15BrClN3O3/c1-10-2-4-12(7-14(10)19)21-16(24)8-17(25)22-20-9-11-3-5-15(23)13(18)6-11/h2-7,9,23H,8H2,1H3,(H,21,24)(H,22,25). The van der Waals surface area contributed by atoms with Gasteiger partial charge in [0.25, 0.3) is 0 Å². The first-order chi connectivity index (χ1) is 11.8. The molecule has 3 N–H and O–H groups in total. The Labute approximate surface area is 158 Å². The van der Waals surface area contributed by atoms with Crippen LogP contribution >= 0.6 is 27.5 Å². The highest BCUT2D eigenvalue weighted by molar-refractivity contribution is 9.10. The molecule has 0 spiro atoms. The van der Waals surface area contributed by atoms with Crippen molar-refractivity contribution in [3.05, 3.63) is 57.0 Å². The van der Waals surface area contributed by atoms with E-state index < -0.39 is 11.8 Å². The number of rotatable bonds is 5. The summed E-state index contributed by atoms with van der Waals surface area (Å²) in [5.74, 6) is -0.918. The lowest BCUT2D eigenvalue weighted by molar-refractivity contribution is -0.126. The minimum atomic E-state index is -0.551. The number of aryl methyl sites for hydroxylation is 1. The monoisotopic (exact) mass is 423 g/mol. The number of phenols is 1. The fourth-order valence-corrected chi connectivity index (χ4v) is 2.42. The number of carbonyl (C=O) groups excluding carboxylic acids is 2. The van der Waals surface area contributed by atoms with Gasteiger partial charge in [0.1, 0.15) is 12.2 Å². The number of hydrogen-bond acceptors (Lipinski definition) is 4. The minimum absolute atomic E-state index is 0.106. The molecule has 0 aliphatic heterocycles. The average Bonchev–Trinajstić information content (AvgIpc) is 2.54. The maximum Gasteiger partial charge on any atom is 0.249 e. The van der Waals surface area contributed by atoms with Crippen molar-refractivity contribution in [2.75, 3.05) is 5.32 Å². The van der Waals surface area contributed by atoms with Crippen molar-refractivity contribution < 1.29 is 14.7 Å². The molecule has 0 fully saturated rings. The number of nitrogens with zero attached hydrogens (tertiary/aromatic N) is 1. The van der Waals surface area contributed by atoms with Gasteiger partial charge in [-0.2, -0.15) is 5.10 Å². The van der Waals surface area contributed by atoms with E-state index in [4.69, 9.17) is 11.6 Å². The second-order valence-electron chi connectivity index (χ2n) is 5.19. The van der Waals surface area contributed by atoms with Gasteiger partial charge in [-0.25, -0.2) is 5.43 Å². The summed E-state index contributed by atoms with van der Waals surface area (Å²) in [7, 11) is 0. The first-order valence-electron chi connectivity index (χ1n) is 7.21. The number of amides is 2. The Bertz CT molecular complexity index is 840. The van der Waals surface area contributed by atoms with Gasteiger partial charge in [-0.05, 0) is 64.3 Å². The van der Waals surface area contributed by atoms with Gasteiger partial charge in [-0.1, -0.05) is 17.7 Å². The molecule has 0 unspecified atom stereocenters. The zero-order chi connectivity index (χ0) is 18.4. The van der Waals surface area contributed by atoms with Crippen LogP contribution < -0.4 is 10.7 Å². The Morgan fingerprint density at radius 3 is 2.68 bits per heavy atom. The highest BCUT2D eigenvalue weighted by Crippen LogP contribution is 2.23. The predicted molar refractivity (Wildman–Crippen MR) is 101 cm³/mol. The molecule has 8 heteroatoms. The van der Waals surface area contributed by atoms with Crippen LogP contribution in [0.25, 0.3) is 0 Å². The number of benzene rings is 2. The molecule has 0 saturated carbocycles. The van der Waals surface area contributed by atoms with E-state index in [1.165, 1.54) is 12.3 Å². The summed E-state index contributed by atoms with van der Waals surface area (Å²) in [6.07, 6.45) is 1.03. The SMILES string of the molecule is Cc1ccc(NC(=O)CC(=O)NN=Cc2ccc(O)c(Br)c2)cc1Cl. The molecule has 6 nitrogen and oxygen atoms in total. The number of hydrazone groups is 1. The van der Waals surface area contributed by atoms with E-state index in [1.807, 2.05) is 6.92 Å². The molecule has 2 aromatic rings. The van der Waals surface area contributed by atoms with Gasteiger partial charge in [0, 0.05) is 10.7 Å². The molecule has 0 aliphatic rings. The van der Waals surface area contributed by atoms with Crippen molar-refractivity contribution in [2.45, 2.75) is 13.3 Å². The summed E-state index contributed by atoms with van der Waals surface area (Å²) in [5.41, 5.74) is 4.35. The lowest BCUT2D eigenvalue weighted by Crippen LogP contribution is -2.24. The van der Waals surface area contributed by atoms with Gasteiger partial charge >= 0.3 is 0 Å². The molecule has 0 bridgehead atoms. The summed E-state index contributed by atoms with van der Waals surface area (Å²) in [6.45, 7) is 1.85. The van der Waals surface area contributed by atoms with Gasteiger partial charge in [0.05, 0.1) is 10.7 Å². The third kappa shape index (κ3) is 5.88. The lowest BCUT2D eigenvalue weighted by atomic mass is 10.2. The Kier molecular flexibility index (Phi) is 6.55. The number of hydrogen-bond donors (Lipinski definition) is 3. The Hall–Kier alpha value is -2.38. The Balaban J connectivity index is 1.84. The highest BCUT2D eigenvalue weighted by Gasteiger charge is 2.09. The van der Waals surface area contributed by atoms with E-state index in [9.17, 15) is 14.7 Å². The number of halogens is 2. The van der Waals surface area contributed by atoms with Crippen molar-refractivity contribution in [3.8, 4) is 5.75 Å². The fourth-order valence-electron chi connectivity index (χ4n) is 1.84. The van der Waals surface area contributed by atoms with Crippen LogP contribution in [0, 0.1) is 6.92 Å². The van der Waals surface area contributed by atoms with E-state index in [1.54, 1.807) is 30.3 Å². The molecular formula is C17H15BrClN3O3. The van der Waals surface area contributed by atoms with Crippen molar-refractivity contribution in [3.63, 3.8) is 0 Å². The molecule has 0 saturated heterocycles. The number of anilines is 1. The summed E-state index contributed by atoms with van der Waals surface area (Å²) in [6, 6.07) is 9.86. The zero-order valence-corrected chi connectivity index (χ0v) is 15.6. The van der Waals surface area contributed by atoms with Crippen LogP contribution in [0.15, 0.2) is 46.0 Å². The van der Waals surface area contributed by atoms with Crippen molar-refractivity contribution >= 4 is 51.2 Å². The highest BCUT2D eigenvalue weighted by atomic mass is 79.9. The zero-order valence-electron chi connectivity index (χ0n) is 13.2. The van der Waals surface area contributed by atoms with Crippen molar-refractivity contribution in [1.29, 1.82) is 0 Å². The molecule has 130 valence electrons. The van der Waals surface area contributed by atoms with E-state index in [-0.39, 0.29) is 12.2 Å². The maximum absolute atomic E-state index is 11.8. The molecule has 0 aliphatic carbocycles. The molecule has 25 heavy (non-hydrogen) atoms. The van der Waals surface area contributed by atoms with Crippen LogP contribution in [0.4, 0.5) is 5.69 Å². The van der Waals surface area contributed by atoms with Gasteiger partial charge in [-0.15, -0.1) is 0 Å². The normalized spacial score (nSPS) is 10.7. The predicted octanol–water partition coefficient (Wildman–Crippen LogP) is 3.60. The molecular weight excluding hydrogens is 410 g/mol. The number of nitrogens with one attached hydrogen (secondary N) is 2. The topological polar surface area (TPSA) is 90.8 Å². The van der Waals surface area contributed by atoms with E-state index in [0.717, 1.165) is 5.56 Å². The lowest BCUT2D eigenvalue weighted by Gasteiger charge is -2.06. The molecule has 0 heterocycles. The number of phenolic OH excluding ortho intramolecular Hbond substituents is 1. The molecule has 0 radical (unpaired) electrons. The fraction of sp³-hybridized carbons (Fsp3) is 0.118. The summed E-state index contributed by atoms with van der Waals surface area (Å²) in [5, 5.41) is 16.3. The van der Waals surface area contributed by atoms with Gasteiger partial charge in [0.2, 0.25) is 11.8 Å². The van der Waals surface area contributed by atoms with Crippen LogP contribution in [0.2, 0.25) is 5.02 Å². The molecule has 2 rings (SSSR count). The third-order valence-electron chi connectivity index (χ3n) is 3.15.